The predicted molar refractivity (Wildman–Crippen MR) is 137 cm³/mol. The molecule has 0 bridgehead atoms. The van der Waals surface area contributed by atoms with E-state index in [1.165, 1.54) is 6.07 Å². The minimum absolute atomic E-state index is 0.101. The molecule has 1 heterocycles. The number of ether oxygens (including phenoxy) is 1. The largest absolute Gasteiger partial charge is 0.483 e. The zero-order valence-electron chi connectivity index (χ0n) is 19.5. The number of aryl methyl sites for hydroxylation is 1. The van der Waals surface area contributed by atoms with Gasteiger partial charge in [-0.2, -0.15) is 0 Å². The fraction of sp³-hybridized carbons (Fsp3) is 0.269. The van der Waals surface area contributed by atoms with Crippen LogP contribution >= 0.6 is 11.6 Å². The summed E-state index contributed by atoms with van der Waals surface area (Å²) in [7, 11) is -3.67. The highest BCUT2D eigenvalue weighted by molar-refractivity contribution is 7.89. The van der Waals surface area contributed by atoms with Crippen molar-refractivity contribution in [3.05, 3.63) is 88.9 Å². The molecule has 1 aliphatic rings. The number of amides is 1. The van der Waals surface area contributed by atoms with E-state index in [9.17, 15) is 13.2 Å². The Balaban J connectivity index is 1.29. The van der Waals surface area contributed by atoms with E-state index in [4.69, 9.17) is 16.3 Å². The molecule has 4 rings (SSSR count). The van der Waals surface area contributed by atoms with Crippen LogP contribution < -0.4 is 14.4 Å². The number of carbonyl (C=O) groups is 1. The van der Waals surface area contributed by atoms with Crippen LogP contribution in [0.2, 0.25) is 5.02 Å². The summed E-state index contributed by atoms with van der Waals surface area (Å²) in [4.78, 5) is 16.8. The number of nitrogens with zero attached hydrogens (tertiary/aromatic N) is 2. The van der Waals surface area contributed by atoms with Gasteiger partial charge in [0.05, 0.1) is 4.90 Å². The number of carbonyl (C=O) groups excluding carboxylic acids is 1. The third-order valence-electron chi connectivity index (χ3n) is 5.92. The summed E-state index contributed by atoms with van der Waals surface area (Å²) in [6.07, 6.45) is 0. The highest BCUT2D eigenvalue weighted by Crippen LogP contribution is 2.23. The Kier molecular flexibility index (Phi) is 7.95. The summed E-state index contributed by atoms with van der Waals surface area (Å²) in [6, 6.07) is 21.7. The van der Waals surface area contributed by atoms with Crippen molar-refractivity contribution < 1.29 is 17.9 Å². The van der Waals surface area contributed by atoms with Crippen LogP contribution in [0, 0.1) is 6.92 Å². The van der Waals surface area contributed by atoms with Crippen molar-refractivity contribution in [3.8, 4) is 5.75 Å². The van der Waals surface area contributed by atoms with Crippen molar-refractivity contribution in [1.82, 2.24) is 9.62 Å². The second-order valence-corrected chi connectivity index (χ2v) is 10.6. The SMILES string of the molecule is Cc1cc(S(=O)(=O)NCc2ccccc2)ccc1OCC(=O)N1CCN(c2cccc(Cl)c2)CC1. The monoisotopic (exact) mass is 513 g/mol. The van der Waals surface area contributed by atoms with Gasteiger partial charge in [0, 0.05) is 43.4 Å². The first kappa shape index (κ1) is 25.0. The summed E-state index contributed by atoms with van der Waals surface area (Å²) >= 11 is 6.09. The number of piperazine rings is 1. The Morgan fingerprint density at radius 2 is 1.71 bits per heavy atom. The quantitative estimate of drug-likeness (QED) is 0.495. The van der Waals surface area contributed by atoms with E-state index in [0.29, 0.717) is 42.5 Å². The first-order valence-electron chi connectivity index (χ1n) is 11.4. The van der Waals surface area contributed by atoms with E-state index < -0.39 is 10.0 Å². The number of sulfonamides is 1. The van der Waals surface area contributed by atoms with Gasteiger partial charge < -0.3 is 14.5 Å². The smallest absolute Gasteiger partial charge is 0.260 e. The van der Waals surface area contributed by atoms with Crippen LogP contribution in [-0.2, 0) is 21.4 Å². The number of rotatable bonds is 8. The van der Waals surface area contributed by atoms with E-state index in [1.54, 1.807) is 24.0 Å². The molecule has 3 aromatic carbocycles. The molecule has 3 aromatic rings. The van der Waals surface area contributed by atoms with Crippen molar-refractivity contribution in [2.75, 3.05) is 37.7 Å². The highest BCUT2D eigenvalue weighted by Gasteiger charge is 2.22. The van der Waals surface area contributed by atoms with Crippen LogP contribution in [0.3, 0.4) is 0 Å². The molecule has 0 saturated carbocycles. The van der Waals surface area contributed by atoms with Crippen LogP contribution in [0.25, 0.3) is 0 Å². The zero-order chi connectivity index (χ0) is 24.8. The predicted octanol–water partition coefficient (Wildman–Crippen LogP) is 3.85. The summed E-state index contributed by atoms with van der Waals surface area (Å²) in [5, 5.41) is 0.690. The Morgan fingerprint density at radius 1 is 0.971 bits per heavy atom. The van der Waals surface area contributed by atoms with Gasteiger partial charge in [-0.1, -0.05) is 48.0 Å². The minimum atomic E-state index is -3.67. The number of hydrogen-bond donors (Lipinski definition) is 1. The molecule has 0 radical (unpaired) electrons. The number of benzene rings is 3. The van der Waals surface area contributed by atoms with E-state index in [0.717, 1.165) is 11.3 Å². The first-order valence-corrected chi connectivity index (χ1v) is 13.2. The molecule has 1 N–H and O–H groups in total. The maximum atomic E-state index is 12.7. The lowest BCUT2D eigenvalue weighted by Crippen LogP contribution is -2.50. The summed E-state index contributed by atoms with van der Waals surface area (Å²) in [5.41, 5.74) is 2.57. The Hall–Kier alpha value is -3.07. The Bertz CT molecular complexity index is 1280. The van der Waals surface area contributed by atoms with Gasteiger partial charge in [0.25, 0.3) is 5.91 Å². The fourth-order valence-corrected chi connectivity index (χ4v) is 5.21. The van der Waals surface area contributed by atoms with E-state index >= 15 is 0 Å². The highest BCUT2D eigenvalue weighted by atomic mass is 35.5. The van der Waals surface area contributed by atoms with Gasteiger partial charge in [-0.3, -0.25) is 4.79 Å². The van der Waals surface area contributed by atoms with E-state index in [2.05, 4.69) is 9.62 Å². The van der Waals surface area contributed by atoms with Gasteiger partial charge in [-0.15, -0.1) is 0 Å². The molecular formula is C26H28ClN3O4S. The molecule has 1 amide bonds. The zero-order valence-corrected chi connectivity index (χ0v) is 21.1. The molecule has 184 valence electrons. The summed E-state index contributed by atoms with van der Waals surface area (Å²) < 4.78 is 33.7. The van der Waals surface area contributed by atoms with Crippen molar-refractivity contribution in [2.24, 2.45) is 0 Å². The van der Waals surface area contributed by atoms with Crippen LogP contribution in [-0.4, -0.2) is 52.0 Å². The molecule has 0 spiro atoms. The van der Waals surface area contributed by atoms with Gasteiger partial charge in [-0.05, 0) is 54.4 Å². The van der Waals surface area contributed by atoms with Gasteiger partial charge >= 0.3 is 0 Å². The lowest BCUT2D eigenvalue weighted by atomic mass is 10.2. The lowest BCUT2D eigenvalue weighted by Gasteiger charge is -2.36. The van der Waals surface area contributed by atoms with Gasteiger partial charge in [-0.25, -0.2) is 13.1 Å². The molecule has 7 nitrogen and oxygen atoms in total. The minimum Gasteiger partial charge on any atom is -0.483 e. The fourth-order valence-electron chi connectivity index (χ4n) is 3.93. The van der Waals surface area contributed by atoms with Crippen molar-refractivity contribution in [2.45, 2.75) is 18.4 Å². The third-order valence-corrected chi connectivity index (χ3v) is 7.56. The number of hydrogen-bond acceptors (Lipinski definition) is 5. The molecule has 0 unspecified atom stereocenters. The van der Waals surface area contributed by atoms with E-state index in [1.807, 2.05) is 54.6 Å². The number of halogens is 1. The Morgan fingerprint density at radius 3 is 2.40 bits per heavy atom. The molecule has 35 heavy (non-hydrogen) atoms. The number of nitrogens with one attached hydrogen (secondary N) is 1. The molecule has 1 aliphatic heterocycles. The maximum absolute atomic E-state index is 12.7. The molecule has 0 aliphatic carbocycles. The number of anilines is 1. The standard InChI is InChI=1S/C26H28ClN3O4S/c1-20-16-24(35(32,33)28-18-21-6-3-2-4-7-21)10-11-25(20)34-19-26(31)30-14-12-29(13-15-30)23-9-5-8-22(27)17-23/h2-11,16-17,28H,12-15,18-19H2,1H3. The second kappa shape index (κ2) is 11.1. The van der Waals surface area contributed by atoms with Crippen LogP contribution in [0.4, 0.5) is 5.69 Å². The van der Waals surface area contributed by atoms with Crippen molar-refractivity contribution >= 4 is 33.2 Å². The summed E-state index contributed by atoms with van der Waals surface area (Å²) in [5.74, 6) is 0.384. The molecule has 9 heteroatoms. The van der Waals surface area contributed by atoms with Crippen LogP contribution in [0.15, 0.2) is 77.7 Å². The molecule has 1 fully saturated rings. The lowest BCUT2D eigenvalue weighted by molar-refractivity contribution is -0.133. The third kappa shape index (κ3) is 6.54. The van der Waals surface area contributed by atoms with Gasteiger partial charge in [0.2, 0.25) is 10.0 Å². The average Bonchev–Trinajstić information content (AvgIpc) is 2.87. The molecule has 1 saturated heterocycles. The molecular weight excluding hydrogens is 486 g/mol. The van der Waals surface area contributed by atoms with Crippen molar-refractivity contribution in [1.29, 1.82) is 0 Å². The average molecular weight is 514 g/mol. The van der Waals surface area contributed by atoms with Gasteiger partial charge in [0.1, 0.15) is 5.75 Å². The van der Waals surface area contributed by atoms with Crippen LogP contribution in [0.5, 0.6) is 5.75 Å². The van der Waals surface area contributed by atoms with Crippen molar-refractivity contribution in [3.63, 3.8) is 0 Å². The van der Waals surface area contributed by atoms with Crippen LogP contribution in [0.1, 0.15) is 11.1 Å². The maximum Gasteiger partial charge on any atom is 0.260 e. The summed E-state index contributed by atoms with van der Waals surface area (Å²) in [6.45, 7) is 4.49. The molecule has 0 atom stereocenters. The topological polar surface area (TPSA) is 78.9 Å². The Labute approximate surface area is 211 Å². The normalized spacial score (nSPS) is 14.1. The molecule has 0 aromatic heterocycles. The van der Waals surface area contributed by atoms with Gasteiger partial charge in [0.15, 0.2) is 6.61 Å². The van der Waals surface area contributed by atoms with E-state index in [-0.39, 0.29) is 24.0 Å². The second-order valence-electron chi connectivity index (χ2n) is 8.37. The first-order chi connectivity index (χ1) is 16.8.